The molecule has 1 unspecified atom stereocenters. The highest BCUT2D eigenvalue weighted by atomic mass is 19.1. The number of ether oxygens (including phenoxy) is 1. The number of nitrogens with zero attached hydrogens (tertiary/aromatic N) is 2. The minimum atomic E-state index is -0.450. The van der Waals surface area contributed by atoms with Crippen LogP contribution in [0.1, 0.15) is 31.7 Å². The lowest BCUT2D eigenvalue weighted by Gasteiger charge is -2.08. The number of nitrogen functional groups attached to an aromatic ring is 1. The molecule has 0 aliphatic rings. The molecule has 1 aromatic heterocycles. The maximum Gasteiger partial charge on any atom is 0.261 e. The molecular formula is C13H16FN3O2. The molecule has 1 heterocycles. The minimum Gasteiger partial charge on any atom is -0.399 e. The van der Waals surface area contributed by atoms with Crippen LogP contribution in [0, 0.1) is 5.82 Å². The molecule has 1 aromatic carbocycles. The first kappa shape index (κ1) is 13.5. The van der Waals surface area contributed by atoms with E-state index >= 15 is 0 Å². The van der Waals surface area contributed by atoms with Gasteiger partial charge in [0.2, 0.25) is 5.82 Å². The average molecular weight is 265 g/mol. The summed E-state index contributed by atoms with van der Waals surface area (Å²) in [6.45, 7) is 2.03. The van der Waals surface area contributed by atoms with Gasteiger partial charge in [-0.25, -0.2) is 4.39 Å². The molecule has 0 spiro atoms. The van der Waals surface area contributed by atoms with Gasteiger partial charge < -0.3 is 15.0 Å². The van der Waals surface area contributed by atoms with E-state index in [-0.39, 0.29) is 17.6 Å². The zero-order valence-corrected chi connectivity index (χ0v) is 10.9. The fourth-order valence-corrected chi connectivity index (χ4v) is 1.80. The van der Waals surface area contributed by atoms with Crippen molar-refractivity contribution in [2.75, 3.05) is 12.8 Å². The number of rotatable bonds is 5. The molecule has 2 aromatic rings. The summed E-state index contributed by atoms with van der Waals surface area (Å²) < 4.78 is 24.0. The van der Waals surface area contributed by atoms with E-state index in [1.165, 1.54) is 18.2 Å². The monoisotopic (exact) mass is 265 g/mol. The van der Waals surface area contributed by atoms with Gasteiger partial charge in [-0.15, -0.1) is 0 Å². The van der Waals surface area contributed by atoms with E-state index < -0.39 is 5.82 Å². The Morgan fingerprint density at radius 3 is 2.95 bits per heavy atom. The summed E-state index contributed by atoms with van der Waals surface area (Å²) in [7, 11) is 1.58. The van der Waals surface area contributed by atoms with Crippen molar-refractivity contribution in [1.82, 2.24) is 10.1 Å². The molecule has 0 aliphatic heterocycles. The van der Waals surface area contributed by atoms with Gasteiger partial charge in [-0.3, -0.25) is 0 Å². The third kappa shape index (κ3) is 2.90. The second-order valence-corrected chi connectivity index (χ2v) is 4.21. The predicted molar refractivity (Wildman–Crippen MR) is 68.8 cm³/mol. The Morgan fingerprint density at radius 2 is 2.26 bits per heavy atom. The molecule has 1 atom stereocenters. The second-order valence-electron chi connectivity index (χ2n) is 4.21. The Kier molecular flexibility index (Phi) is 4.11. The zero-order chi connectivity index (χ0) is 13.8. The Labute approximate surface area is 110 Å². The first-order chi connectivity index (χ1) is 9.15. The van der Waals surface area contributed by atoms with Crippen LogP contribution in [0.3, 0.4) is 0 Å². The molecule has 0 aliphatic carbocycles. The summed E-state index contributed by atoms with van der Waals surface area (Å²) in [6.07, 6.45) is 1.45. The third-order valence-corrected chi connectivity index (χ3v) is 2.79. The summed E-state index contributed by atoms with van der Waals surface area (Å²) in [5.41, 5.74) is 6.26. The van der Waals surface area contributed by atoms with Crippen LogP contribution in [-0.2, 0) is 4.74 Å². The topological polar surface area (TPSA) is 74.2 Å². The summed E-state index contributed by atoms with van der Waals surface area (Å²) in [5.74, 6) is 0.0768. The molecule has 0 amide bonds. The van der Waals surface area contributed by atoms with Gasteiger partial charge in [0.05, 0.1) is 5.56 Å². The van der Waals surface area contributed by atoms with Crippen LogP contribution in [0.25, 0.3) is 11.5 Å². The summed E-state index contributed by atoms with van der Waals surface area (Å²) in [4.78, 5) is 4.17. The Bertz CT molecular complexity index is 557. The van der Waals surface area contributed by atoms with E-state index in [0.29, 0.717) is 11.5 Å². The first-order valence-electron chi connectivity index (χ1n) is 6.07. The predicted octanol–water partition coefficient (Wildman–Crippen LogP) is 2.95. The molecule has 0 saturated carbocycles. The quantitative estimate of drug-likeness (QED) is 0.841. The molecular weight excluding hydrogens is 249 g/mol. The highest BCUT2D eigenvalue weighted by Gasteiger charge is 2.19. The van der Waals surface area contributed by atoms with Gasteiger partial charge in [-0.05, 0) is 24.6 Å². The second kappa shape index (κ2) is 5.79. The number of hydrogen-bond donors (Lipinski definition) is 1. The first-order valence-corrected chi connectivity index (χ1v) is 6.07. The fraction of sp³-hybridized carbons (Fsp3) is 0.385. The molecule has 2 N–H and O–H groups in total. The van der Waals surface area contributed by atoms with Gasteiger partial charge in [-0.2, -0.15) is 4.98 Å². The minimum absolute atomic E-state index is 0.109. The van der Waals surface area contributed by atoms with E-state index in [2.05, 4.69) is 10.1 Å². The largest absolute Gasteiger partial charge is 0.399 e. The number of nitrogens with two attached hydrogens (primary N) is 1. The molecule has 6 heteroatoms. The molecule has 0 saturated heterocycles. The lowest BCUT2D eigenvalue weighted by Crippen LogP contribution is -2.03. The molecule has 0 fully saturated rings. The van der Waals surface area contributed by atoms with Gasteiger partial charge in [0.25, 0.3) is 5.89 Å². The van der Waals surface area contributed by atoms with Gasteiger partial charge in [-0.1, -0.05) is 18.5 Å². The van der Waals surface area contributed by atoms with Crippen molar-refractivity contribution in [2.45, 2.75) is 25.9 Å². The lowest BCUT2D eigenvalue weighted by atomic mass is 10.2. The van der Waals surface area contributed by atoms with Crippen LogP contribution in [0.2, 0.25) is 0 Å². The zero-order valence-electron chi connectivity index (χ0n) is 10.9. The van der Waals surface area contributed by atoms with Gasteiger partial charge in [0.15, 0.2) is 0 Å². The molecule has 2 rings (SSSR count). The molecule has 102 valence electrons. The Hall–Kier alpha value is -1.95. The van der Waals surface area contributed by atoms with Crippen molar-refractivity contribution in [3.8, 4) is 11.5 Å². The number of anilines is 1. The Balaban J connectivity index is 2.32. The number of benzene rings is 1. The molecule has 0 radical (unpaired) electrons. The van der Waals surface area contributed by atoms with Crippen LogP contribution < -0.4 is 5.73 Å². The Morgan fingerprint density at radius 1 is 1.47 bits per heavy atom. The van der Waals surface area contributed by atoms with Gasteiger partial charge in [0, 0.05) is 12.8 Å². The fourth-order valence-electron chi connectivity index (χ4n) is 1.80. The standard InChI is InChI=1S/C13H16FN3O2/c1-3-4-11(18-2)12-16-13(19-17-12)9-7-8(15)5-6-10(9)14/h5-7,11H,3-4,15H2,1-2H3. The van der Waals surface area contributed by atoms with E-state index in [4.69, 9.17) is 15.0 Å². The van der Waals surface area contributed by atoms with E-state index in [0.717, 1.165) is 12.8 Å². The molecule has 0 bridgehead atoms. The smallest absolute Gasteiger partial charge is 0.261 e. The van der Waals surface area contributed by atoms with Crippen molar-refractivity contribution in [2.24, 2.45) is 0 Å². The number of methoxy groups -OCH3 is 1. The van der Waals surface area contributed by atoms with Crippen LogP contribution in [0.15, 0.2) is 22.7 Å². The highest BCUT2D eigenvalue weighted by molar-refractivity contribution is 5.60. The van der Waals surface area contributed by atoms with E-state index in [9.17, 15) is 4.39 Å². The maximum atomic E-state index is 13.7. The maximum absolute atomic E-state index is 13.7. The van der Waals surface area contributed by atoms with Gasteiger partial charge in [0.1, 0.15) is 11.9 Å². The van der Waals surface area contributed by atoms with Crippen LogP contribution in [0.4, 0.5) is 10.1 Å². The van der Waals surface area contributed by atoms with E-state index in [1.54, 1.807) is 7.11 Å². The SMILES string of the molecule is CCCC(OC)c1noc(-c2cc(N)ccc2F)n1. The third-order valence-electron chi connectivity index (χ3n) is 2.79. The number of halogens is 1. The van der Waals surface area contributed by atoms with E-state index in [1.807, 2.05) is 6.92 Å². The lowest BCUT2D eigenvalue weighted by molar-refractivity contribution is 0.0854. The number of hydrogen-bond acceptors (Lipinski definition) is 5. The molecule has 19 heavy (non-hydrogen) atoms. The van der Waals surface area contributed by atoms with Gasteiger partial charge >= 0.3 is 0 Å². The van der Waals surface area contributed by atoms with Crippen LogP contribution in [0.5, 0.6) is 0 Å². The molecule has 5 nitrogen and oxygen atoms in total. The van der Waals surface area contributed by atoms with Crippen molar-refractivity contribution < 1.29 is 13.7 Å². The average Bonchev–Trinajstić information content (AvgIpc) is 2.88. The van der Waals surface area contributed by atoms with Crippen LogP contribution in [-0.4, -0.2) is 17.3 Å². The summed E-state index contributed by atoms with van der Waals surface area (Å²) in [6, 6.07) is 4.22. The summed E-state index contributed by atoms with van der Waals surface area (Å²) in [5, 5.41) is 3.83. The number of aromatic nitrogens is 2. The van der Waals surface area contributed by atoms with Crippen LogP contribution >= 0.6 is 0 Å². The normalized spacial score (nSPS) is 12.6. The highest BCUT2D eigenvalue weighted by Crippen LogP contribution is 2.26. The van der Waals surface area contributed by atoms with Crippen molar-refractivity contribution >= 4 is 5.69 Å². The van der Waals surface area contributed by atoms with Crippen molar-refractivity contribution in [3.63, 3.8) is 0 Å². The van der Waals surface area contributed by atoms with Crippen molar-refractivity contribution in [3.05, 3.63) is 29.8 Å². The summed E-state index contributed by atoms with van der Waals surface area (Å²) >= 11 is 0. The van der Waals surface area contributed by atoms with Crippen molar-refractivity contribution in [1.29, 1.82) is 0 Å².